The predicted molar refractivity (Wildman–Crippen MR) is 114 cm³/mol. The van der Waals surface area contributed by atoms with E-state index in [1.54, 1.807) is 11.3 Å². The first-order valence-corrected chi connectivity index (χ1v) is 13.0. The van der Waals surface area contributed by atoms with Gasteiger partial charge >= 0.3 is 0 Å². The van der Waals surface area contributed by atoms with E-state index in [-0.39, 0.29) is 6.04 Å². The standard InChI is InChI=1S/C22H23NOSSi/c1-26(2,3)24-23(20-13-8-5-9-14-20)21(22-15-10-18-25-22)17-16-19-11-6-4-7-12-19/h4-15,18,21H,1-3H3. The third-order valence-electron chi connectivity index (χ3n) is 3.56. The summed E-state index contributed by atoms with van der Waals surface area (Å²) in [7, 11) is -1.82. The van der Waals surface area contributed by atoms with Gasteiger partial charge in [0.25, 0.3) is 0 Å². The maximum Gasteiger partial charge on any atom is 0.220 e. The molecule has 0 bridgehead atoms. The molecule has 0 amide bonds. The van der Waals surface area contributed by atoms with Gasteiger partial charge in [-0.2, -0.15) is 0 Å². The lowest BCUT2D eigenvalue weighted by Gasteiger charge is -2.34. The molecule has 3 rings (SSSR count). The lowest BCUT2D eigenvalue weighted by atomic mass is 10.1. The van der Waals surface area contributed by atoms with Gasteiger partial charge < -0.3 is 4.53 Å². The first-order valence-electron chi connectivity index (χ1n) is 8.66. The summed E-state index contributed by atoms with van der Waals surface area (Å²) in [4.78, 5) is 1.18. The summed E-state index contributed by atoms with van der Waals surface area (Å²) in [6.45, 7) is 6.58. The molecule has 0 aliphatic carbocycles. The second kappa shape index (κ2) is 8.37. The van der Waals surface area contributed by atoms with Crippen molar-refractivity contribution in [3.8, 4) is 11.8 Å². The lowest BCUT2D eigenvalue weighted by Crippen LogP contribution is -2.39. The fourth-order valence-electron chi connectivity index (χ4n) is 2.49. The number of hydrogen-bond donors (Lipinski definition) is 0. The molecule has 0 N–H and O–H groups in total. The molecule has 1 atom stereocenters. The van der Waals surface area contributed by atoms with Gasteiger partial charge in [0.15, 0.2) is 0 Å². The average Bonchev–Trinajstić information content (AvgIpc) is 3.16. The Morgan fingerprint density at radius 3 is 2.12 bits per heavy atom. The minimum absolute atomic E-state index is 0.149. The van der Waals surface area contributed by atoms with Crippen LogP contribution >= 0.6 is 11.3 Å². The SMILES string of the molecule is C[Si](C)(C)ON(c1ccccc1)C(C#Cc1ccccc1)c1cccs1. The zero-order valence-electron chi connectivity index (χ0n) is 15.3. The fraction of sp³-hybridized carbons (Fsp3) is 0.182. The van der Waals surface area contributed by atoms with E-state index in [0.717, 1.165) is 11.3 Å². The van der Waals surface area contributed by atoms with Crippen molar-refractivity contribution in [3.63, 3.8) is 0 Å². The minimum atomic E-state index is -1.82. The van der Waals surface area contributed by atoms with Crippen molar-refractivity contribution in [3.05, 3.63) is 88.6 Å². The van der Waals surface area contributed by atoms with Gasteiger partial charge in [0, 0.05) is 10.4 Å². The third-order valence-corrected chi connectivity index (χ3v) is 5.23. The van der Waals surface area contributed by atoms with E-state index in [1.807, 2.05) is 53.6 Å². The summed E-state index contributed by atoms with van der Waals surface area (Å²) in [6.07, 6.45) is 0. The molecule has 3 aromatic rings. The van der Waals surface area contributed by atoms with Crippen molar-refractivity contribution in [2.75, 3.05) is 5.06 Å². The third kappa shape index (κ3) is 5.09. The Balaban J connectivity index is 2.03. The molecule has 0 aliphatic heterocycles. The minimum Gasteiger partial charge on any atom is -0.319 e. The van der Waals surface area contributed by atoms with E-state index < -0.39 is 8.32 Å². The maximum absolute atomic E-state index is 6.47. The Morgan fingerprint density at radius 2 is 1.54 bits per heavy atom. The fourth-order valence-corrected chi connectivity index (χ4v) is 4.05. The van der Waals surface area contributed by atoms with Gasteiger partial charge in [-0.15, -0.1) is 11.3 Å². The molecule has 1 heterocycles. The number of hydroxylamine groups is 1. The summed E-state index contributed by atoms with van der Waals surface area (Å²) in [5.41, 5.74) is 2.03. The van der Waals surface area contributed by atoms with E-state index in [0.29, 0.717) is 0 Å². The van der Waals surface area contributed by atoms with Gasteiger partial charge in [0.05, 0.1) is 5.69 Å². The summed E-state index contributed by atoms with van der Waals surface area (Å²) in [5, 5.41) is 4.08. The second-order valence-electron chi connectivity index (χ2n) is 6.92. The van der Waals surface area contributed by atoms with Crippen LogP contribution in [0.1, 0.15) is 16.5 Å². The monoisotopic (exact) mass is 377 g/mol. The number of hydrogen-bond acceptors (Lipinski definition) is 3. The predicted octanol–water partition coefficient (Wildman–Crippen LogP) is 6.11. The Bertz CT molecular complexity index is 861. The Labute approximate surface area is 161 Å². The maximum atomic E-state index is 6.47. The van der Waals surface area contributed by atoms with Crippen molar-refractivity contribution in [2.24, 2.45) is 0 Å². The van der Waals surface area contributed by atoms with Crippen molar-refractivity contribution in [2.45, 2.75) is 25.7 Å². The molecule has 4 heteroatoms. The van der Waals surface area contributed by atoms with E-state index >= 15 is 0 Å². The summed E-state index contributed by atoms with van der Waals surface area (Å²) < 4.78 is 6.47. The molecule has 132 valence electrons. The van der Waals surface area contributed by atoms with Gasteiger partial charge in [-0.05, 0) is 55.4 Å². The number of benzene rings is 2. The van der Waals surface area contributed by atoms with Crippen LogP contribution in [-0.2, 0) is 4.53 Å². The Kier molecular flexibility index (Phi) is 5.95. The van der Waals surface area contributed by atoms with Crippen molar-refractivity contribution in [1.82, 2.24) is 0 Å². The number of rotatable bonds is 5. The molecule has 0 radical (unpaired) electrons. The largest absolute Gasteiger partial charge is 0.319 e. The van der Waals surface area contributed by atoms with Gasteiger partial charge in [0.1, 0.15) is 6.04 Å². The van der Waals surface area contributed by atoms with Gasteiger partial charge in [-0.3, -0.25) is 0 Å². The first-order chi connectivity index (χ1) is 12.5. The van der Waals surface area contributed by atoms with Crippen molar-refractivity contribution in [1.29, 1.82) is 0 Å². The number of anilines is 1. The summed E-state index contributed by atoms with van der Waals surface area (Å²) in [6, 6.07) is 24.4. The van der Waals surface area contributed by atoms with Gasteiger partial charge in [0.2, 0.25) is 8.32 Å². The summed E-state index contributed by atoms with van der Waals surface area (Å²) >= 11 is 1.71. The molecule has 0 saturated carbocycles. The van der Waals surface area contributed by atoms with Crippen LogP contribution in [-0.4, -0.2) is 8.32 Å². The zero-order valence-corrected chi connectivity index (χ0v) is 17.2. The highest BCUT2D eigenvalue weighted by Gasteiger charge is 2.27. The van der Waals surface area contributed by atoms with E-state index in [2.05, 4.69) is 61.1 Å². The molecule has 0 saturated heterocycles. The Morgan fingerprint density at radius 1 is 0.885 bits per heavy atom. The highest BCUT2D eigenvalue weighted by molar-refractivity contribution is 7.10. The highest BCUT2D eigenvalue weighted by Crippen LogP contribution is 2.31. The van der Waals surface area contributed by atoms with Crippen molar-refractivity contribution < 1.29 is 4.53 Å². The van der Waals surface area contributed by atoms with Crippen LogP contribution in [0.2, 0.25) is 19.6 Å². The quantitative estimate of drug-likeness (QED) is 0.302. The normalized spacial score (nSPS) is 12.1. The lowest BCUT2D eigenvalue weighted by molar-refractivity contribution is 0.256. The molecular formula is C22H23NOSSi. The number of nitrogens with zero attached hydrogens (tertiary/aromatic N) is 1. The first kappa shape index (κ1) is 18.5. The molecule has 0 spiro atoms. The van der Waals surface area contributed by atoms with Crippen LogP contribution in [0.15, 0.2) is 78.2 Å². The van der Waals surface area contributed by atoms with Crippen LogP contribution in [0.4, 0.5) is 5.69 Å². The van der Waals surface area contributed by atoms with Crippen LogP contribution in [0.3, 0.4) is 0 Å². The molecule has 1 unspecified atom stereocenters. The van der Waals surface area contributed by atoms with E-state index in [1.165, 1.54) is 4.88 Å². The molecular weight excluding hydrogens is 354 g/mol. The molecule has 0 fully saturated rings. The molecule has 1 aromatic heterocycles. The van der Waals surface area contributed by atoms with Crippen molar-refractivity contribution >= 4 is 25.3 Å². The molecule has 2 nitrogen and oxygen atoms in total. The second-order valence-corrected chi connectivity index (χ2v) is 12.3. The van der Waals surface area contributed by atoms with Crippen LogP contribution in [0, 0.1) is 11.8 Å². The zero-order chi connectivity index (χ0) is 18.4. The van der Waals surface area contributed by atoms with Gasteiger partial charge in [-0.1, -0.05) is 54.3 Å². The Hall–Kier alpha value is -2.32. The van der Waals surface area contributed by atoms with E-state index in [9.17, 15) is 0 Å². The van der Waals surface area contributed by atoms with E-state index in [4.69, 9.17) is 4.53 Å². The van der Waals surface area contributed by atoms with Gasteiger partial charge in [-0.25, -0.2) is 5.06 Å². The molecule has 2 aromatic carbocycles. The van der Waals surface area contributed by atoms with Crippen LogP contribution in [0.5, 0.6) is 0 Å². The number of thiophene rings is 1. The highest BCUT2D eigenvalue weighted by atomic mass is 32.1. The topological polar surface area (TPSA) is 12.5 Å². The average molecular weight is 378 g/mol. The molecule has 0 aliphatic rings. The van der Waals surface area contributed by atoms with Crippen LogP contribution in [0.25, 0.3) is 0 Å². The number of para-hydroxylation sites is 1. The van der Waals surface area contributed by atoms with Crippen LogP contribution < -0.4 is 5.06 Å². The molecule has 26 heavy (non-hydrogen) atoms. The summed E-state index contributed by atoms with van der Waals surface area (Å²) in [5.74, 6) is 6.76. The smallest absolute Gasteiger partial charge is 0.220 e.